The summed E-state index contributed by atoms with van der Waals surface area (Å²) >= 11 is 1.35. The number of hydrogen-bond acceptors (Lipinski definition) is 8. The van der Waals surface area contributed by atoms with E-state index >= 15 is 0 Å². The van der Waals surface area contributed by atoms with Crippen molar-refractivity contribution in [3.63, 3.8) is 0 Å². The van der Waals surface area contributed by atoms with Crippen LogP contribution in [-0.4, -0.2) is 68.9 Å². The number of nitrogens with one attached hydrogen (secondary N) is 2. The minimum Gasteiger partial charge on any atom is -0.396 e. The molecule has 1 amide bonds. The molecule has 2 heterocycles. The lowest BCUT2D eigenvalue weighted by molar-refractivity contribution is -0.120. The van der Waals surface area contributed by atoms with Crippen molar-refractivity contribution in [2.75, 3.05) is 6.61 Å². The van der Waals surface area contributed by atoms with Gasteiger partial charge in [0.2, 0.25) is 11.9 Å². The van der Waals surface area contributed by atoms with Gasteiger partial charge in [0.05, 0.1) is 18.2 Å². The molecule has 3 aliphatic rings. The van der Waals surface area contributed by atoms with Crippen LogP contribution >= 0.6 is 11.3 Å². The van der Waals surface area contributed by atoms with E-state index < -0.39 is 30.1 Å². The van der Waals surface area contributed by atoms with E-state index in [1.165, 1.54) is 11.3 Å². The number of rotatable bonds is 4. The number of carbonyl (C=O) groups excluding carboxylic acids is 1. The van der Waals surface area contributed by atoms with Crippen molar-refractivity contribution in [2.24, 2.45) is 15.9 Å². The summed E-state index contributed by atoms with van der Waals surface area (Å²) in [5.41, 5.74) is 0. The summed E-state index contributed by atoms with van der Waals surface area (Å²) in [5.74, 6) is -0.701. The molecule has 1 aliphatic heterocycles. The zero-order chi connectivity index (χ0) is 19.0. The standard InChI is InChI=1S/C17H23N5O4S/c23-7-8-6-10(13(25)12(8)24)20-14-11(16-18-4-5-27-16)15(26)22-17(21-14)19-9-2-1-3-9/h4-5,8-13,23-25H,1-3,6-7H2,(H2,19,20,21,22,26)/t8-,10-,11?,12-,13+/m1/s1. The van der Waals surface area contributed by atoms with Crippen LogP contribution in [-0.2, 0) is 4.79 Å². The molecule has 0 radical (unpaired) electrons. The second-order valence-corrected chi connectivity index (χ2v) is 8.15. The first kappa shape index (κ1) is 18.5. The molecule has 0 bridgehead atoms. The smallest absolute Gasteiger partial charge is 0.244 e. The van der Waals surface area contributed by atoms with E-state index in [0.717, 1.165) is 19.3 Å². The second-order valence-electron chi connectivity index (χ2n) is 7.22. The number of aliphatic hydroxyl groups is 3. The quantitative estimate of drug-likeness (QED) is 0.461. The highest BCUT2D eigenvalue weighted by atomic mass is 32.1. The van der Waals surface area contributed by atoms with Gasteiger partial charge in [0.25, 0.3) is 0 Å². The van der Waals surface area contributed by atoms with Crippen LogP contribution in [0.3, 0.4) is 0 Å². The SMILES string of the molecule is O=C1NC(=NC2CCC2)NC(=N[C@@H]2C[C@H](CO)[C@@H](O)[C@H]2O)C1c1nccs1. The predicted molar refractivity (Wildman–Crippen MR) is 99.6 cm³/mol. The lowest BCUT2D eigenvalue weighted by atomic mass is 9.94. The van der Waals surface area contributed by atoms with Crippen LogP contribution in [0.1, 0.15) is 36.6 Å². The summed E-state index contributed by atoms with van der Waals surface area (Å²) in [6, 6.07) is -0.416. The molecule has 1 saturated heterocycles. The maximum absolute atomic E-state index is 12.7. The van der Waals surface area contributed by atoms with Gasteiger partial charge in [0.15, 0.2) is 0 Å². The highest BCUT2D eigenvalue weighted by Crippen LogP contribution is 2.31. The Morgan fingerprint density at radius 1 is 1.22 bits per heavy atom. The number of aliphatic hydroxyl groups excluding tert-OH is 3. The lowest BCUT2D eigenvalue weighted by Crippen LogP contribution is -2.56. The Balaban J connectivity index is 1.64. The molecule has 5 N–H and O–H groups in total. The summed E-state index contributed by atoms with van der Waals surface area (Å²) in [5, 5.41) is 38.0. The highest BCUT2D eigenvalue weighted by Gasteiger charge is 2.43. The Labute approximate surface area is 160 Å². The van der Waals surface area contributed by atoms with Crippen molar-refractivity contribution >= 4 is 29.0 Å². The van der Waals surface area contributed by atoms with Crippen LogP contribution in [0.5, 0.6) is 0 Å². The number of aromatic nitrogens is 1. The molecule has 2 saturated carbocycles. The van der Waals surface area contributed by atoms with Gasteiger partial charge in [-0.1, -0.05) is 0 Å². The van der Waals surface area contributed by atoms with Crippen LogP contribution in [0.15, 0.2) is 21.6 Å². The molecule has 2 aliphatic carbocycles. The third kappa shape index (κ3) is 3.62. The molecule has 4 rings (SSSR count). The second kappa shape index (κ2) is 7.63. The predicted octanol–water partition coefficient (Wildman–Crippen LogP) is -0.644. The van der Waals surface area contributed by atoms with Crippen LogP contribution < -0.4 is 10.6 Å². The fourth-order valence-electron chi connectivity index (χ4n) is 3.60. The third-order valence-electron chi connectivity index (χ3n) is 5.42. The maximum Gasteiger partial charge on any atom is 0.244 e. The molecule has 27 heavy (non-hydrogen) atoms. The van der Waals surface area contributed by atoms with Crippen LogP contribution in [0.4, 0.5) is 0 Å². The average molecular weight is 393 g/mol. The van der Waals surface area contributed by atoms with Gasteiger partial charge in [0.1, 0.15) is 22.9 Å². The number of nitrogens with zero attached hydrogens (tertiary/aromatic N) is 3. The zero-order valence-electron chi connectivity index (χ0n) is 14.7. The minimum atomic E-state index is -1.09. The van der Waals surface area contributed by atoms with E-state index in [0.29, 0.717) is 23.2 Å². The van der Waals surface area contributed by atoms with E-state index in [2.05, 4.69) is 25.6 Å². The van der Waals surface area contributed by atoms with Gasteiger partial charge in [-0.2, -0.15) is 0 Å². The van der Waals surface area contributed by atoms with Gasteiger partial charge in [-0.05, 0) is 25.7 Å². The molecule has 0 aromatic carbocycles. The summed E-state index contributed by atoms with van der Waals surface area (Å²) < 4.78 is 0. The number of carbonyl (C=O) groups is 1. The van der Waals surface area contributed by atoms with Crippen molar-refractivity contribution < 1.29 is 20.1 Å². The Morgan fingerprint density at radius 3 is 2.63 bits per heavy atom. The topological polar surface area (TPSA) is 139 Å². The number of amides is 1. The Hall–Kier alpha value is -1.88. The molecular weight excluding hydrogens is 370 g/mol. The summed E-state index contributed by atoms with van der Waals surface area (Å²) in [6.07, 6.45) is 2.95. The Morgan fingerprint density at radius 2 is 2.04 bits per heavy atom. The van der Waals surface area contributed by atoms with Crippen LogP contribution in [0.2, 0.25) is 0 Å². The zero-order valence-corrected chi connectivity index (χ0v) is 15.5. The van der Waals surface area contributed by atoms with Gasteiger partial charge in [-0.3, -0.25) is 15.1 Å². The van der Waals surface area contributed by atoms with Crippen molar-refractivity contribution in [3.8, 4) is 0 Å². The van der Waals surface area contributed by atoms with Gasteiger partial charge >= 0.3 is 0 Å². The Bertz CT molecular complexity index is 749. The highest BCUT2D eigenvalue weighted by molar-refractivity contribution is 7.09. The van der Waals surface area contributed by atoms with Gasteiger partial charge < -0.3 is 20.6 Å². The number of aliphatic imine (C=N–C) groups is 2. The molecule has 1 aromatic rings. The largest absolute Gasteiger partial charge is 0.396 e. The Kier molecular flexibility index (Phi) is 5.22. The van der Waals surface area contributed by atoms with E-state index in [4.69, 9.17) is 0 Å². The van der Waals surface area contributed by atoms with E-state index in [9.17, 15) is 20.1 Å². The van der Waals surface area contributed by atoms with E-state index in [1.54, 1.807) is 11.6 Å². The van der Waals surface area contributed by atoms with Gasteiger partial charge in [-0.25, -0.2) is 9.98 Å². The molecule has 3 fully saturated rings. The number of amidine groups is 1. The average Bonchev–Trinajstić information content (AvgIpc) is 3.22. The van der Waals surface area contributed by atoms with Gasteiger partial charge in [0, 0.05) is 24.1 Å². The molecule has 5 atom stereocenters. The first-order chi connectivity index (χ1) is 13.1. The molecule has 146 valence electrons. The van der Waals surface area contributed by atoms with Crippen LogP contribution in [0.25, 0.3) is 0 Å². The van der Waals surface area contributed by atoms with E-state index in [-0.39, 0.29) is 18.6 Å². The summed E-state index contributed by atoms with van der Waals surface area (Å²) in [6.45, 7) is -0.224. The first-order valence-corrected chi connectivity index (χ1v) is 10.0. The van der Waals surface area contributed by atoms with Crippen molar-refractivity contribution in [1.82, 2.24) is 15.6 Å². The first-order valence-electron chi connectivity index (χ1n) is 9.16. The van der Waals surface area contributed by atoms with Gasteiger partial charge in [-0.15, -0.1) is 11.3 Å². The molecule has 1 unspecified atom stereocenters. The van der Waals surface area contributed by atoms with Crippen molar-refractivity contribution in [2.45, 2.75) is 55.9 Å². The minimum absolute atomic E-state index is 0.197. The number of hydrogen-bond donors (Lipinski definition) is 5. The van der Waals surface area contributed by atoms with E-state index in [1.807, 2.05) is 0 Å². The monoisotopic (exact) mass is 393 g/mol. The van der Waals surface area contributed by atoms with Crippen molar-refractivity contribution in [3.05, 3.63) is 16.6 Å². The maximum atomic E-state index is 12.7. The lowest BCUT2D eigenvalue weighted by Gasteiger charge is -2.29. The van der Waals surface area contributed by atoms with Crippen molar-refractivity contribution in [1.29, 1.82) is 0 Å². The molecule has 10 heteroatoms. The molecule has 0 spiro atoms. The summed E-state index contributed by atoms with van der Waals surface area (Å²) in [7, 11) is 0. The van der Waals surface area contributed by atoms with Crippen LogP contribution in [0, 0.1) is 5.92 Å². The number of guanidine groups is 1. The molecule has 9 nitrogen and oxygen atoms in total. The summed E-state index contributed by atoms with van der Waals surface area (Å²) in [4.78, 5) is 26.1. The fraction of sp³-hybridized carbons (Fsp3) is 0.647. The normalized spacial score (nSPS) is 37.3. The molecule has 1 aromatic heterocycles. The fourth-order valence-corrected chi connectivity index (χ4v) is 4.34. The molecular formula is C17H23N5O4S. The number of thiazole rings is 1. The third-order valence-corrected chi connectivity index (χ3v) is 6.26.